The summed E-state index contributed by atoms with van der Waals surface area (Å²) in [5.41, 5.74) is 7.19. The van der Waals surface area contributed by atoms with Crippen molar-refractivity contribution in [1.29, 1.82) is 5.41 Å². The highest BCUT2D eigenvalue weighted by molar-refractivity contribution is 5.93. The molecule has 0 aliphatic carbocycles. The van der Waals surface area contributed by atoms with Crippen molar-refractivity contribution in [3.63, 3.8) is 0 Å². The minimum absolute atomic E-state index is 0.177. The Hall–Kier alpha value is -3.35. The van der Waals surface area contributed by atoms with E-state index in [1.54, 1.807) is 43.3 Å². The quantitative estimate of drug-likeness (QED) is 0.304. The highest BCUT2D eigenvalue weighted by Crippen LogP contribution is 2.16. The van der Waals surface area contributed by atoms with E-state index in [1.165, 1.54) is 0 Å². The maximum atomic E-state index is 12.1. The van der Waals surface area contributed by atoms with Crippen molar-refractivity contribution in [1.82, 2.24) is 0 Å². The molecule has 2 aromatic rings. The van der Waals surface area contributed by atoms with Crippen LogP contribution in [0.1, 0.15) is 29.3 Å². The molecule has 2 aromatic carbocycles. The van der Waals surface area contributed by atoms with Gasteiger partial charge in [0.2, 0.25) is 0 Å². The van der Waals surface area contributed by atoms with Gasteiger partial charge in [-0.05, 0) is 55.3 Å². The lowest BCUT2D eigenvalue weighted by Gasteiger charge is -2.07. The van der Waals surface area contributed by atoms with Gasteiger partial charge in [0.1, 0.15) is 5.75 Å². The molecule has 0 fully saturated rings. The van der Waals surface area contributed by atoms with E-state index < -0.39 is 5.97 Å². The molecule has 0 aromatic heterocycles. The molecule has 4 N–H and O–H groups in total. The van der Waals surface area contributed by atoms with E-state index in [2.05, 4.69) is 5.32 Å². The predicted octanol–water partition coefficient (Wildman–Crippen LogP) is 2.71. The van der Waals surface area contributed by atoms with Gasteiger partial charge in [-0.3, -0.25) is 10.2 Å². The van der Waals surface area contributed by atoms with E-state index in [1.807, 2.05) is 12.1 Å². The average Bonchev–Trinajstić information content (AvgIpc) is 2.61. The van der Waals surface area contributed by atoms with Gasteiger partial charge in [0.15, 0.2) is 5.96 Å². The highest BCUT2D eigenvalue weighted by atomic mass is 16.5. The van der Waals surface area contributed by atoms with Crippen molar-refractivity contribution in [2.75, 3.05) is 11.9 Å². The van der Waals surface area contributed by atoms with E-state index in [0.717, 1.165) is 5.56 Å². The van der Waals surface area contributed by atoms with Gasteiger partial charge < -0.3 is 20.5 Å². The number of nitrogens with two attached hydrogens (primary N) is 1. The number of aryl methyl sites for hydroxylation is 1. The first-order chi connectivity index (χ1) is 12.5. The number of benzene rings is 2. The van der Waals surface area contributed by atoms with Crippen LogP contribution in [0.5, 0.6) is 5.75 Å². The van der Waals surface area contributed by atoms with E-state index in [4.69, 9.17) is 20.6 Å². The predicted molar refractivity (Wildman–Crippen MR) is 98.3 cm³/mol. The van der Waals surface area contributed by atoms with Crippen molar-refractivity contribution in [2.24, 2.45) is 5.73 Å². The fraction of sp³-hybridized carbons (Fsp3) is 0.211. The Morgan fingerprint density at radius 1 is 1.08 bits per heavy atom. The first kappa shape index (κ1) is 19.0. The Kier molecular flexibility index (Phi) is 6.73. The van der Waals surface area contributed by atoms with Crippen LogP contribution in [0, 0.1) is 5.41 Å². The number of ether oxygens (including phenoxy) is 2. The number of hydrogen-bond donors (Lipinski definition) is 3. The van der Waals surface area contributed by atoms with Crippen LogP contribution in [0.15, 0.2) is 48.5 Å². The topological polar surface area (TPSA) is 114 Å². The second kappa shape index (κ2) is 9.22. The number of anilines is 1. The summed E-state index contributed by atoms with van der Waals surface area (Å²) in [6, 6.07) is 13.4. The Labute approximate surface area is 151 Å². The molecule has 0 saturated heterocycles. The van der Waals surface area contributed by atoms with E-state index >= 15 is 0 Å². The Balaban J connectivity index is 1.90. The number of carbonyl (C=O) groups excluding carboxylic acids is 2. The third kappa shape index (κ3) is 5.94. The molecule has 0 aliphatic rings. The summed E-state index contributed by atoms with van der Waals surface area (Å²) in [5.74, 6) is -0.478. The summed E-state index contributed by atoms with van der Waals surface area (Å²) in [7, 11) is 0. The summed E-state index contributed by atoms with van der Waals surface area (Å²) in [4.78, 5) is 23.5. The van der Waals surface area contributed by atoms with Crippen LogP contribution in [-0.4, -0.2) is 24.5 Å². The average molecular weight is 355 g/mol. The molecule has 0 unspecified atom stereocenters. The van der Waals surface area contributed by atoms with Crippen molar-refractivity contribution >= 4 is 23.6 Å². The normalized spacial score (nSPS) is 10.0. The third-order valence-corrected chi connectivity index (χ3v) is 3.46. The maximum absolute atomic E-state index is 12.1. The minimum Gasteiger partial charge on any atom is -0.466 e. The second-order valence-electron chi connectivity index (χ2n) is 5.45. The summed E-state index contributed by atoms with van der Waals surface area (Å²) in [6.45, 7) is 2.15. The van der Waals surface area contributed by atoms with E-state index in [9.17, 15) is 9.59 Å². The van der Waals surface area contributed by atoms with Crippen LogP contribution < -0.4 is 15.8 Å². The highest BCUT2D eigenvalue weighted by Gasteiger charge is 2.09. The largest absolute Gasteiger partial charge is 0.466 e. The molecule has 7 heteroatoms. The molecule has 0 saturated carbocycles. The van der Waals surface area contributed by atoms with Gasteiger partial charge in [-0.25, -0.2) is 4.79 Å². The molecular weight excluding hydrogens is 334 g/mol. The molecular formula is C19H21N3O4. The number of esters is 2. The van der Waals surface area contributed by atoms with Crippen LogP contribution in [0.4, 0.5) is 5.69 Å². The molecule has 2 rings (SSSR count). The van der Waals surface area contributed by atoms with Crippen molar-refractivity contribution in [3.8, 4) is 5.75 Å². The van der Waals surface area contributed by atoms with Crippen molar-refractivity contribution in [2.45, 2.75) is 19.8 Å². The van der Waals surface area contributed by atoms with Crippen molar-refractivity contribution in [3.05, 3.63) is 59.7 Å². The zero-order chi connectivity index (χ0) is 18.9. The molecule has 0 heterocycles. The Morgan fingerprint density at radius 2 is 1.73 bits per heavy atom. The number of carbonyl (C=O) groups is 2. The molecule has 0 aliphatic heterocycles. The molecule has 136 valence electrons. The lowest BCUT2D eigenvalue weighted by atomic mass is 10.1. The summed E-state index contributed by atoms with van der Waals surface area (Å²) in [5, 5.41) is 9.79. The number of hydrogen-bond acceptors (Lipinski definition) is 5. The first-order valence-electron chi connectivity index (χ1n) is 8.15. The zero-order valence-electron chi connectivity index (χ0n) is 14.5. The van der Waals surface area contributed by atoms with Gasteiger partial charge in [-0.1, -0.05) is 12.1 Å². The molecule has 0 bridgehead atoms. The van der Waals surface area contributed by atoms with E-state index in [-0.39, 0.29) is 11.9 Å². The molecule has 0 radical (unpaired) electrons. The fourth-order valence-electron chi connectivity index (χ4n) is 2.21. The number of nitrogens with one attached hydrogen (secondary N) is 2. The Morgan fingerprint density at radius 3 is 2.31 bits per heavy atom. The zero-order valence-corrected chi connectivity index (χ0v) is 14.5. The van der Waals surface area contributed by atoms with Gasteiger partial charge in [-0.15, -0.1) is 0 Å². The smallest absolute Gasteiger partial charge is 0.343 e. The van der Waals surface area contributed by atoms with Crippen molar-refractivity contribution < 1.29 is 19.1 Å². The van der Waals surface area contributed by atoms with Gasteiger partial charge in [0, 0.05) is 12.1 Å². The van der Waals surface area contributed by atoms with Gasteiger partial charge >= 0.3 is 11.9 Å². The number of rotatable bonds is 7. The molecule has 26 heavy (non-hydrogen) atoms. The SMILES string of the molecule is CCOC(=O)CCc1ccc(OC(=O)c2ccc(NC(=N)N)cc2)cc1. The summed E-state index contributed by atoms with van der Waals surface area (Å²) in [6.07, 6.45) is 0.880. The van der Waals surface area contributed by atoms with Crippen LogP contribution in [-0.2, 0) is 16.0 Å². The van der Waals surface area contributed by atoms with E-state index in [0.29, 0.717) is 36.4 Å². The molecule has 0 amide bonds. The molecule has 7 nitrogen and oxygen atoms in total. The van der Waals surface area contributed by atoms with Crippen LogP contribution in [0.3, 0.4) is 0 Å². The van der Waals surface area contributed by atoms with Gasteiger partial charge in [-0.2, -0.15) is 0 Å². The fourth-order valence-corrected chi connectivity index (χ4v) is 2.21. The summed E-state index contributed by atoms with van der Waals surface area (Å²) < 4.78 is 10.2. The third-order valence-electron chi connectivity index (χ3n) is 3.46. The van der Waals surface area contributed by atoms with Crippen LogP contribution in [0.2, 0.25) is 0 Å². The molecule has 0 atom stereocenters. The lowest BCUT2D eigenvalue weighted by molar-refractivity contribution is -0.143. The lowest BCUT2D eigenvalue weighted by Crippen LogP contribution is -2.20. The summed E-state index contributed by atoms with van der Waals surface area (Å²) >= 11 is 0. The maximum Gasteiger partial charge on any atom is 0.343 e. The number of guanidine groups is 1. The van der Waals surface area contributed by atoms with Crippen LogP contribution in [0.25, 0.3) is 0 Å². The molecule has 0 spiro atoms. The van der Waals surface area contributed by atoms with Crippen LogP contribution >= 0.6 is 0 Å². The van der Waals surface area contributed by atoms with Gasteiger partial charge in [0.05, 0.1) is 12.2 Å². The minimum atomic E-state index is -0.487. The standard InChI is InChI=1S/C19H21N3O4/c1-2-25-17(23)12-5-13-3-10-16(11-4-13)26-18(24)14-6-8-15(9-7-14)22-19(20)21/h3-4,6-11H,2,5,12H2,1H3,(H4,20,21,22). The second-order valence-corrected chi connectivity index (χ2v) is 5.45. The van der Waals surface area contributed by atoms with Gasteiger partial charge in [0.25, 0.3) is 0 Å². The monoisotopic (exact) mass is 355 g/mol. The Bertz CT molecular complexity index is 770. The first-order valence-corrected chi connectivity index (χ1v) is 8.15.